The van der Waals surface area contributed by atoms with Crippen LogP contribution in [0.2, 0.25) is 5.02 Å². The van der Waals surface area contributed by atoms with Crippen molar-refractivity contribution in [2.45, 2.75) is 12.3 Å². The minimum absolute atomic E-state index is 0.229. The molecule has 0 spiro atoms. The van der Waals surface area contributed by atoms with Gasteiger partial charge in [0.15, 0.2) is 0 Å². The summed E-state index contributed by atoms with van der Waals surface area (Å²) in [5.41, 5.74) is 0.922. The summed E-state index contributed by atoms with van der Waals surface area (Å²) in [5.74, 6) is 0. The summed E-state index contributed by atoms with van der Waals surface area (Å²) >= 11 is 21.3. The van der Waals surface area contributed by atoms with Gasteiger partial charge in [-0.1, -0.05) is 27.5 Å². The predicted molar refractivity (Wildman–Crippen MR) is 83.6 cm³/mol. The predicted octanol–water partition coefficient (Wildman–Crippen LogP) is 6.56. The quantitative estimate of drug-likeness (QED) is 0.488. The van der Waals surface area contributed by atoms with Crippen molar-refractivity contribution in [3.63, 3.8) is 0 Å². The zero-order valence-corrected chi connectivity index (χ0v) is 14.3. The van der Waals surface area contributed by atoms with Crippen molar-refractivity contribution in [1.29, 1.82) is 0 Å². The number of rotatable bonds is 2. The number of hydrogen-bond acceptors (Lipinski definition) is 1. The van der Waals surface area contributed by atoms with Gasteiger partial charge in [-0.2, -0.15) is 0 Å². The highest BCUT2D eigenvalue weighted by atomic mass is 79.9. The van der Waals surface area contributed by atoms with Gasteiger partial charge in [-0.25, -0.2) is 0 Å². The van der Waals surface area contributed by atoms with Gasteiger partial charge in [0.25, 0.3) is 0 Å². The van der Waals surface area contributed by atoms with Crippen LogP contribution in [0.3, 0.4) is 0 Å². The molecule has 1 aromatic heterocycles. The Balaban J connectivity index is 2.46. The average molecular weight is 415 g/mol. The van der Waals surface area contributed by atoms with E-state index < -0.39 is 0 Å². The van der Waals surface area contributed by atoms with E-state index in [0.717, 1.165) is 19.4 Å². The Morgan fingerprint density at radius 2 is 1.94 bits per heavy atom. The fourth-order valence-electron chi connectivity index (χ4n) is 1.52. The molecule has 1 unspecified atom stereocenters. The number of halogens is 4. The molecule has 0 saturated carbocycles. The maximum Gasteiger partial charge on any atom is 0.0953 e. The second kappa shape index (κ2) is 5.62. The Hall–Kier alpha value is 0.460. The van der Waals surface area contributed by atoms with E-state index in [1.165, 1.54) is 4.88 Å². The summed E-state index contributed by atoms with van der Waals surface area (Å²) in [4.78, 5) is 2.31. The summed E-state index contributed by atoms with van der Waals surface area (Å²) in [6.45, 7) is 2.06. The fourth-order valence-corrected chi connectivity index (χ4v) is 4.63. The van der Waals surface area contributed by atoms with Gasteiger partial charge in [-0.3, -0.25) is 0 Å². The van der Waals surface area contributed by atoms with E-state index in [1.54, 1.807) is 11.3 Å². The molecule has 1 heterocycles. The van der Waals surface area contributed by atoms with Gasteiger partial charge in [-0.15, -0.1) is 22.9 Å². The first-order valence-corrected chi connectivity index (χ1v) is 8.05. The smallest absolute Gasteiger partial charge is 0.0953 e. The molecule has 0 aliphatic carbocycles. The van der Waals surface area contributed by atoms with E-state index in [1.807, 2.05) is 18.2 Å². The molecule has 0 fully saturated rings. The van der Waals surface area contributed by atoms with E-state index in [4.69, 9.17) is 23.2 Å². The highest BCUT2D eigenvalue weighted by Crippen LogP contribution is 2.42. The fraction of sp³-hybridized carbons (Fsp3) is 0.167. The molecular weight excluding hydrogens is 407 g/mol. The summed E-state index contributed by atoms with van der Waals surface area (Å²) in [6, 6.07) is 7.79. The Morgan fingerprint density at radius 1 is 1.24 bits per heavy atom. The number of hydrogen-bond donors (Lipinski definition) is 0. The molecule has 5 heteroatoms. The molecule has 2 rings (SSSR count). The second-order valence-corrected chi connectivity index (χ2v) is 7.50. The number of benzene rings is 1. The molecule has 0 saturated heterocycles. The first kappa shape index (κ1) is 13.9. The van der Waals surface area contributed by atoms with Crippen LogP contribution < -0.4 is 0 Å². The standard InChI is InChI=1S/C12H8Br2Cl2S/c1-6-4-9(14)12(17-6)11(16)8-5-7(13)2-3-10(8)15/h2-5,11H,1H3. The third-order valence-corrected chi connectivity index (χ3v) is 5.75. The monoisotopic (exact) mass is 412 g/mol. The lowest BCUT2D eigenvalue weighted by molar-refractivity contribution is 1.17. The van der Waals surface area contributed by atoms with E-state index in [2.05, 4.69) is 44.8 Å². The van der Waals surface area contributed by atoms with Gasteiger partial charge in [-0.05, 0) is 52.7 Å². The van der Waals surface area contributed by atoms with Crippen molar-refractivity contribution in [1.82, 2.24) is 0 Å². The van der Waals surface area contributed by atoms with Gasteiger partial charge >= 0.3 is 0 Å². The van der Waals surface area contributed by atoms with Gasteiger partial charge in [0.1, 0.15) is 0 Å². The van der Waals surface area contributed by atoms with Crippen molar-refractivity contribution >= 4 is 66.4 Å². The van der Waals surface area contributed by atoms with Crippen molar-refractivity contribution in [2.75, 3.05) is 0 Å². The summed E-state index contributed by atoms with van der Waals surface area (Å²) in [6.07, 6.45) is 0. The number of thiophene rings is 1. The minimum Gasteiger partial charge on any atom is -0.143 e. The Bertz CT molecular complexity index is 551. The molecule has 0 aliphatic heterocycles. The number of aryl methyl sites for hydroxylation is 1. The van der Waals surface area contributed by atoms with E-state index >= 15 is 0 Å². The normalized spacial score (nSPS) is 12.8. The summed E-state index contributed by atoms with van der Waals surface area (Å²) in [5, 5.41) is 0.458. The van der Waals surface area contributed by atoms with Crippen LogP contribution in [0.25, 0.3) is 0 Å². The second-order valence-electron chi connectivity index (χ2n) is 3.60. The average Bonchev–Trinajstić information content (AvgIpc) is 2.60. The zero-order chi connectivity index (χ0) is 12.6. The van der Waals surface area contributed by atoms with Crippen molar-refractivity contribution in [3.05, 3.63) is 53.6 Å². The van der Waals surface area contributed by atoms with Crippen LogP contribution in [0.5, 0.6) is 0 Å². The third kappa shape index (κ3) is 3.07. The first-order valence-electron chi connectivity index (χ1n) is 4.84. The molecular formula is C12H8Br2Cl2S. The molecule has 0 radical (unpaired) electrons. The molecule has 2 aromatic rings. The van der Waals surface area contributed by atoms with Crippen LogP contribution in [0.4, 0.5) is 0 Å². The number of alkyl halides is 1. The molecule has 0 amide bonds. The van der Waals surface area contributed by atoms with Crippen molar-refractivity contribution < 1.29 is 0 Å². The molecule has 0 N–H and O–H groups in total. The molecule has 90 valence electrons. The summed E-state index contributed by atoms with van der Waals surface area (Å²) < 4.78 is 2.02. The highest BCUT2D eigenvalue weighted by molar-refractivity contribution is 9.10. The highest BCUT2D eigenvalue weighted by Gasteiger charge is 2.19. The van der Waals surface area contributed by atoms with Crippen LogP contribution in [0.15, 0.2) is 33.2 Å². The van der Waals surface area contributed by atoms with Gasteiger partial charge in [0, 0.05) is 23.7 Å². The zero-order valence-electron chi connectivity index (χ0n) is 8.81. The largest absolute Gasteiger partial charge is 0.143 e. The maximum atomic E-state index is 6.50. The maximum absolute atomic E-state index is 6.50. The van der Waals surface area contributed by atoms with Crippen molar-refractivity contribution in [2.24, 2.45) is 0 Å². The van der Waals surface area contributed by atoms with Gasteiger partial charge in [0.2, 0.25) is 0 Å². The van der Waals surface area contributed by atoms with E-state index in [0.29, 0.717) is 5.02 Å². The SMILES string of the molecule is Cc1cc(Br)c(C(Cl)c2cc(Br)ccc2Cl)s1. The van der Waals surface area contributed by atoms with Crippen molar-refractivity contribution in [3.8, 4) is 0 Å². The summed E-state index contributed by atoms with van der Waals surface area (Å²) in [7, 11) is 0. The van der Waals surface area contributed by atoms with Crippen LogP contribution in [0.1, 0.15) is 20.7 Å². The lowest BCUT2D eigenvalue weighted by Crippen LogP contribution is -1.92. The van der Waals surface area contributed by atoms with Crippen LogP contribution >= 0.6 is 66.4 Å². The van der Waals surface area contributed by atoms with Gasteiger partial charge < -0.3 is 0 Å². The Kier molecular flexibility index (Phi) is 4.59. The minimum atomic E-state index is -0.229. The topological polar surface area (TPSA) is 0 Å². The molecule has 0 nitrogen and oxygen atoms in total. The van der Waals surface area contributed by atoms with Crippen LogP contribution in [0, 0.1) is 6.92 Å². The molecule has 1 aromatic carbocycles. The first-order chi connectivity index (χ1) is 7.99. The Morgan fingerprint density at radius 3 is 2.53 bits per heavy atom. The molecule has 17 heavy (non-hydrogen) atoms. The van der Waals surface area contributed by atoms with Gasteiger partial charge in [0.05, 0.1) is 5.38 Å². The van der Waals surface area contributed by atoms with E-state index in [-0.39, 0.29) is 5.38 Å². The molecule has 1 atom stereocenters. The molecule has 0 bridgehead atoms. The lowest BCUT2D eigenvalue weighted by atomic mass is 10.1. The van der Waals surface area contributed by atoms with Crippen LogP contribution in [-0.2, 0) is 0 Å². The lowest BCUT2D eigenvalue weighted by Gasteiger charge is -2.11. The molecule has 0 aliphatic rings. The van der Waals surface area contributed by atoms with Crippen LogP contribution in [-0.4, -0.2) is 0 Å². The van der Waals surface area contributed by atoms with E-state index in [9.17, 15) is 0 Å². The third-order valence-electron chi connectivity index (χ3n) is 2.30. The Labute approximate surface area is 131 Å².